The quantitative estimate of drug-likeness (QED) is 0.763. The standard InChI is InChI=1S/C14H19N3O4/c1-10-2-5-15-8-11(10)9-16-13(20)17-14(12(18)19)3-6-21-7-4-14/h2,5,8H,3-4,6-7,9H2,1H3,(H,18,19)(H2,16,17,20). The van der Waals surface area contributed by atoms with Crippen LogP contribution in [0.15, 0.2) is 18.5 Å². The number of aryl methyl sites for hydroxylation is 1. The second-order valence-corrected chi connectivity index (χ2v) is 5.11. The summed E-state index contributed by atoms with van der Waals surface area (Å²) in [6.07, 6.45) is 3.89. The van der Waals surface area contributed by atoms with Crippen LogP contribution in [0.25, 0.3) is 0 Å². The molecule has 1 saturated heterocycles. The van der Waals surface area contributed by atoms with Crippen LogP contribution in [0.3, 0.4) is 0 Å². The van der Waals surface area contributed by atoms with Gasteiger partial charge in [0.1, 0.15) is 5.54 Å². The van der Waals surface area contributed by atoms with Crippen molar-refractivity contribution in [3.05, 3.63) is 29.6 Å². The zero-order chi connectivity index (χ0) is 15.3. The Morgan fingerprint density at radius 2 is 2.14 bits per heavy atom. The molecule has 1 fully saturated rings. The maximum absolute atomic E-state index is 12.0. The van der Waals surface area contributed by atoms with Crippen molar-refractivity contribution in [2.75, 3.05) is 13.2 Å². The van der Waals surface area contributed by atoms with E-state index in [1.807, 2.05) is 13.0 Å². The first-order valence-corrected chi connectivity index (χ1v) is 6.80. The predicted molar refractivity (Wildman–Crippen MR) is 74.8 cm³/mol. The number of hydrogen-bond acceptors (Lipinski definition) is 4. The summed E-state index contributed by atoms with van der Waals surface area (Å²) in [5.41, 5.74) is 0.667. The van der Waals surface area contributed by atoms with Crippen molar-refractivity contribution in [3.63, 3.8) is 0 Å². The van der Waals surface area contributed by atoms with E-state index in [-0.39, 0.29) is 12.8 Å². The van der Waals surface area contributed by atoms with E-state index in [0.29, 0.717) is 19.8 Å². The Kier molecular flexibility index (Phi) is 4.74. The smallest absolute Gasteiger partial charge is 0.329 e. The average Bonchev–Trinajstić information content (AvgIpc) is 2.47. The van der Waals surface area contributed by atoms with Crippen molar-refractivity contribution >= 4 is 12.0 Å². The molecule has 1 aromatic heterocycles. The number of rotatable bonds is 4. The van der Waals surface area contributed by atoms with E-state index in [0.717, 1.165) is 11.1 Å². The van der Waals surface area contributed by atoms with Gasteiger partial charge in [-0.2, -0.15) is 0 Å². The molecular formula is C14H19N3O4. The first-order valence-electron chi connectivity index (χ1n) is 6.80. The Hall–Kier alpha value is -2.15. The third-order valence-corrected chi connectivity index (χ3v) is 3.70. The minimum Gasteiger partial charge on any atom is -0.480 e. The van der Waals surface area contributed by atoms with Crippen LogP contribution >= 0.6 is 0 Å². The molecule has 7 nitrogen and oxygen atoms in total. The summed E-state index contributed by atoms with van der Waals surface area (Å²) in [5.74, 6) is -1.03. The number of pyridine rings is 1. The van der Waals surface area contributed by atoms with E-state index in [2.05, 4.69) is 15.6 Å². The highest BCUT2D eigenvalue weighted by atomic mass is 16.5. The van der Waals surface area contributed by atoms with Crippen LogP contribution in [0.5, 0.6) is 0 Å². The number of nitrogens with zero attached hydrogens (tertiary/aromatic N) is 1. The van der Waals surface area contributed by atoms with Crippen molar-refractivity contribution in [3.8, 4) is 0 Å². The fourth-order valence-electron chi connectivity index (χ4n) is 2.23. The SMILES string of the molecule is Cc1ccncc1CNC(=O)NC1(C(=O)O)CCOCC1. The van der Waals surface area contributed by atoms with Crippen molar-refractivity contribution < 1.29 is 19.4 Å². The molecule has 7 heteroatoms. The normalized spacial score (nSPS) is 17.0. The fraction of sp³-hybridized carbons (Fsp3) is 0.500. The highest BCUT2D eigenvalue weighted by molar-refractivity contribution is 5.86. The molecule has 3 N–H and O–H groups in total. The molecule has 0 unspecified atom stereocenters. The lowest BCUT2D eigenvalue weighted by Crippen LogP contribution is -2.59. The number of urea groups is 1. The van der Waals surface area contributed by atoms with Crippen molar-refractivity contribution in [1.29, 1.82) is 0 Å². The lowest BCUT2D eigenvalue weighted by Gasteiger charge is -2.33. The largest absolute Gasteiger partial charge is 0.480 e. The second kappa shape index (κ2) is 6.53. The zero-order valence-corrected chi connectivity index (χ0v) is 11.9. The van der Waals surface area contributed by atoms with Gasteiger partial charge in [-0.3, -0.25) is 4.98 Å². The fourth-order valence-corrected chi connectivity index (χ4v) is 2.23. The van der Waals surface area contributed by atoms with E-state index >= 15 is 0 Å². The predicted octanol–water partition coefficient (Wildman–Crippen LogP) is 0.823. The monoisotopic (exact) mass is 293 g/mol. The van der Waals surface area contributed by atoms with E-state index in [1.165, 1.54) is 0 Å². The number of carboxylic acid groups (broad SMARTS) is 1. The topological polar surface area (TPSA) is 101 Å². The number of carboxylic acids is 1. The van der Waals surface area contributed by atoms with Crippen LogP contribution < -0.4 is 10.6 Å². The minimum atomic E-state index is -1.24. The number of carbonyl (C=O) groups is 2. The Morgan fingerprint density at radius 3 is 2.76 bits per heavy atom. The summed E-state index contributed by atoms with van der Waals surface area (Å²) < 4.78 is 5.16. The van der Waals surface area contributed by atoms with Gasteiger partial charge in [-0.25, -0.2) is 9.59 Å². The number of amides is 2. The summed E-state index contributed by atoms with van der Waals surface area (Å²) in [7, 11) is 0. The van der Waals surface area contributed by atoms with Gasteiger partial charge < -0.3 is 20.5 Å². The molecule has 2 rings (SSSR count). The molecular weight excluding hydrogens is 274 g/mol. The summed E-state index contributed by atoms with van der Waals surface area (Å²) in [6.45, 7) is 2.88. The highest BCUT2D eigenvalue weighted by Crippen LogP contribution is 2.21. The molecule has 2 heterocycles. The van der Waals surface area contributed by atoms with Crippen LogP contribution in [-0.2, 0) is 16.1 Å². The maximum atomic E-state index is 12.0. The van der Waals surface area contributed by atoms with Crippen molar-refractivity contribution in [1.82, 2.24) is 15.6 Å². The van der Waals surface area contributed by atoms with Gasteiger partial charge >= 0.3 is 12.0 Å². The van der Waals surface area contributed by atoms with Gasteiger partial charge in [0, 0.05) is 45.0 Å². The van der Waals surface area contributed by atoms with Gasteiger partial charge in [-0.05, 0) is 24.1 Å². The van der Waals surface area contributed by atoms with Crippen LogP contribution in [0.2, 0.25) is 0 Å². The van der Waals surface area contributed by atoms with Crippen LogP contribution in [0, 0.1) is 6.92 Å². The number of carbonyl (C=O) groups excluding carboxylic acids is 1. The lowest BCUT2D eigenvalue weighted by molar-refractivity contribution is -0.148. The Labute approximate surface area is 122 Å². The first-order chi connectivity index (χ1) is 10.0. The van der Waals surface area contributed by atoms with Gasteiger partial charge in [-0.1, -0.05) is 0 Å². The molecule has 0 saturated carbocycles. The molecule has 0 aromatic carbocycles. The Bertz CT molecular complexity index is 527. The van der Waals surface area contributed by atoms with E-state index < -0.39 is 17.5 Å². The number of nitrogens with one attached hydrogen (secondary N) is 2. The van der Waals surface area contributed by atoms with Gasteiger partial charge in [0.05, 0.1) is 0 Å². The summed E-state index contributed by atoms with van der Waals surface area (Å²) in [4.78, 5) is 27.4. The molecule has 0 atom stereocenters. The molecule has 114 valence electrons. The molecule has 1 aromatic rings. The zero-order valence-electron chi connectivity index (χ0n) is 11.9. The molecule has 21 heavy (non-hydrogen) atoms. The number of ether oxygens (including phenoxy) is 1. The van der Waals surface area contributed by atoms with E-state index in [9.17, 15) is 14.7 Å². The third kappa shape index (κ3) is 3.69. The van der Waals surface area contributed by atoms with Crippen LogP contribution in [0.4, 0.5) is 4.79 Å². The van der Waals surface area contributed by atoms with Gasteiger partial charge in [-0.15, -0.1) is 0 Å². The molecule has 0 bridgehead atoms. The van der Waals surface area contributed by atoms with Gasteiger partial charge in [0.2, 0.25) is 0 Å². The van der Waals surface area contributed by atoms with E-state index in [1.54, 1.807) is 12.4 Å². The summed E-state index contributed by atoms with van der Waals surface area (Å²) in [5, 5.41) is 14.6. The first kappa shape index (κ1) is 15.2. The third-order valence-electron chi connectivity index (χ3n) is 3.70. The van der Waals surface area contributed by atoms with Crippen LogP contribution in [-0.4, -0.2) is 40.8 Å². The number of aromatic nitrogens is 1. The molecule has 1 aliphatic heterocycles. The Morgan fingerprint density at radius 1 is 1.43 bits per heavy atom. The van der Waals surface area contributed by atoms with Crippen molar-refractivity contribution in [2.45, 2.75) is 31.8 Å². The van der Waals surface area contributed by atoms with Gasteiger partial charge in [0.25, 0.3) is 0 Å². The lowest BCUT2D eigenvalue weighted by atomic mass is 9.90. The minimum absolute atomic E-state index is 0.266. The molecule has 0 radical (unpaired) electrons. The second-order valence-electron chi connectivity index (χ2n) is 5.11. The summed E-state index contributed by atoms with van der Waals surface area (Å²) >= 11 is 0. The number of aliphatic carboxylic acids is 1. The average molecular weight is 293 g/mol. The molecule has 0 aliphatic carbocycles. The Balaban J connectivity index is 1.94. The summed E-state index contributed by atoms with van der Waals surface area (Å²) in [6, 6.07) is 1.36. The molecule has 0 spiro atoms. The maximum Gasteiger partial charge on any atom is 0.329 e. The highest BCUT2D eigenvalue weighted by Gasteiger charge is 2.41. The van der Waals surface area contributed by atoms with E-state index in [4.69, 9.17) is 4.74 Å². The van der Waals surface area contributed by atoms with Crippen molar-refractivity contribution in [2.24, 2.45) is 0 Å². The molecule has 1 aliphatic rings. The van der Waals surface area contributed by atoms with Gasteiger partial charge in [0.15, 0.2) is 0 Å². The number of hydrogen-bond donors (Lipinski definition) is 3. The van der Waals surface area contributed by atoms with Crippen LogP contribution in [0.1, 0.15) is 24.0 Å². The molecule has 2 amide bonds.